The highest BCUT2D eigenvalue weighted by Crippen LogP contribution is 2.36. The lowest BCUT2D eigenvalue weighted by Crippen LogP contribution is -2.66. The first-order chi connectivity index (χ1) is 32.6. The number of benzene rings is 6. The second-order valence-corrected chi connectivity index (χ2v) is 16.4. The van der Waals surface area contributed by atoms with E-state index >= 15 is 0 Å². The van der Waals surface area contributed by atoms with Crippen molar-refractivity contribution in [3.63, 3.8) is 0 Å². The van der Waals surface area contributed by atoms with Gasteiger partial charge in [-0.1, -0.05) is 182 Å². The van der Waals surface area contributed by atoms with Gasteiger partial charge in [-0.25, -0.2) is 0 Å². The van der Waals surface area contributed by atoms with E-state index in [9.17, 15) is 5.11 Å². The monoisotopic (exact) mass is 896 g/mol. The van der Waals surface area contributed by atoms with E-state index in [1.807, 2.05) is 182 Å². The van der Waals surface area contributed by atoms with E-state index < -0.39 is 68.0 Å². The van der Waals surface area contributed by atoms with Gasteiger partial charge in [0.05, 0.1) is 52.9 Å². The Labute approximate surface area is 388 Å². The Kier molecular flexibility index (Phi) is 18.0. The van der Waals surface area contributed by atoms with Crippen molar-refractivity contribution in [2.75, 3.05) is 20.3 Å². The third-order valence-electron chi connectivity index (χ3n) is 11.7. The zero-order chi connectivity index (χ0) is 45.2. The second kappa shape index (κ2) is 25.1. The van der Waals surface area contributed by atoms with Crippen LogP contribution in [0.25, 0.3) is 0 Å². The van der Waals surface area contributed by atoms with Crippen LogP contribution in [0.5, 0.6) is 0 Å². The first-order valence-corrected chi connectivity index (χ1v) is 22.6. The molecule has 66 heavy (non-hydrogen) atoms. The van der Waals surface area contributed by atoms with Crippen LogP contribution in [-0.2, 0) is 87.0 Å². The fraction of sp³-hybridized carbons (Fsp3) is 0.345. The molecule has 0 bridgehead atoms. The molecular formula is C55H60O11. The zero-order valence-corrected chi connectivity index (χ0v) is 37.3. The summed E-state index contributed by atoms with van der Waals surface area (Å²) in [6.45, 7) is 1.29. The molecule has 346 valence electrons. The normalized spacial score (nSPS) is 25.4. The molecule has 2 saturated heterocycles. The topological polar surface area (TPSA) is 113 Å². The number of methoxy groups -OCH3 is 1. The van der Waals surface area contributed by atoms with E-state index in [0.717, 1.165) is 33.4 Å². The maximum absolute atomic E-state index is 11.1. The first kappa shape index (κ1) is 47.4. The summed E-state index contributed by atoms with van der Waals surface area (Å²) in [7, 11) is 1.55. The Morgan fingerprint density at radius 1 is 0.364 bits per heavy atom. The summed E-state index contributed by atoms with van der Waals surface area (Å²) >= 11 is 0. The summed E-state index contributed by atoms with van der Waals surface area (Å²) < 4.78 is 67.5. The van der Waals surface area contributed by atoms with Crippen molar-refractivity contribution in [3.8, 4) is 0 Å². The van der Waals surface area contributed by atoms with Crippen LogP contribution in [0.1, 0.15) is 33.4 Å². The minimum atomic E-state index is -1.12. The van der Waals surface area contributed by atoms with Crippen molar-refractivity contribution in [1.82, 2.24) is 0 Å². The van der Waals surface area contributed by atoms with Gasteiger partial charge < -0.3 is 52.5 Å². The lowest BCUT2D eigenvalue weighted by atomic mass is 9.95. The van der Waals surface area contributed by atoms with E-state index in [2.05, 4.69) is 0 Å². The average molecular weight is 897 g/mol. The molecule has 0 unspecified atom stereocenters. The molecule has 10 atom stereocenters. The van der Waals surface area contributed by atoms with Crippen LogP contribution in [0.2, 0.25) is 0 Å². The SMILES string of the molecule is CO[C@H]1O[C@H](CO)[C@@H](O[C@H]2O[C@H](COCc3ccccc3)[C@@H](OCc3ccccc3)[C@H](OCc3ccccc3)[C@@H]2OCc2ccccc2)[C@H](OCc2ccccc2)[C@H]1OCc1ccccc1. The van der Waals surface area contributed by atoms with Crippen molar-refractivity contribution in [2.24, 2.45) is 0 Å². The number of hydrogen-bond acceptors (Lipinski definition) is 11. The average Bonchev–Trinajstić information content (AvgIpc) is 3.38. The first-order valence-electron chi connectivity index (χ1n) is 22.6. The number of rotatable bonds is 23. The van der Waals surface area contributed by atoms with E-state index in [-0.39, 0.29) is 39.6 Å². The lowest BCUT2D eigenvalue weighted by Gasteiger charge is -2.50. The lowest BCUT2D eigenvalue weighted by molar-refractivity contribution is -0.375. The number of ether oxygens (including phenoxy) is 10. The fourth-order valence-electron chi connectivity index (χ4n) is 8.29. The van der Waals surface area contributed by atoms with Gasteiger partial charge in [-0.3, -0.25) is 0 Å². The molecule has 8 rings (SSSR count). The van der Waals surface area contributed by atoms with Crippen molar-refractivity contribution in [3.05, 3.63) is 215 Å². The highest BCUT2D eigenvalue weighted by atomic mass is 16.8. The number of aliphatic hydroxyl groups excluding tert-OH is 1. The Bertz CT molecular complexity index is 2220. The zero-order valence-electron chi connectivity index (χ0n) is 37.3. The molecule has 0 spiro atoms. The Morgan fingerprint density at radius 3 is 1.06 bits per heavy atom. The minimum Gasteiger partial charge on any atom is -0.394 e. The van der Waals surface area contributed by atoms with Gasteiger partial charge in [0.1, 0.15) is 48.8 Å². The van der Waals surface area contributed by atoms with E-state index in [0.29, 0.717) is 6.61 Å². The highest BCUT2D eigenvalue weighted by molar-refractivity contribution is 5.18. The summed E-state index contributed by atoms with van der Waals surface area (Å²) in [5.74, 6) is 0. The Balaban J connectivity index is 1.17. The summed E-state index contributed by atoms with van der Waals surface area (Å²) in [5, 5.41) is 11.1. The van der Waals surface area contributed by atoms with Crippen LogP contribution >= 0.6 is 0 Å². The summed E-state index contributed by atoms with van der Waals surface area (Å²) in [6.07, 6.45) is -8.55. The molecule has 11 heteroatoms. The van der Waals surface area contributed by atoms with Crippen molar-refractivity contribution in [2.45, 2.75) is 101 Å². The minimum absolute atomic E-state index is 0.137. The maximum Gasteiger partial charge on any atom is 0.187 e. The predicted octanol–water partition coefficient (Wildman–Crippen LogP) is 8.60. The molecule has 2 heterocycles. The predicted molar refractivity (Wildman–Crippen MR) is 247 cm³/mol. The van der Waals surface area contributed by atoms with Gasteiger partial charge in [-0.2, -0.15) is 0 Å². The largest absolute Gasteiger partial charge is 0.394 e. The van der Waals surface area contributed by atoms with Crippen LogP contribution in [0, 0.1) is 0 Å². The van der Waals surface area contributed by atoms with E-state index in [4.69, 9.17) is 47.4 Å². The second-order valence-electron chi connectivity index (χ2n) is 16.4. The van der Waals surface area contributed by atoms with E-state index in [1.165, 1.54) is 0 Å². The van der Waals surface area contributed by atoms with Gasteiger partial charge in [0.2, 0.25) is 0 Å². The Morgan fingerprint density at radius 2 is 0.682 bits per heavy atom. The molecular weight excluding hydrogens is 837 g/mol. The summed E-state index contributed by atoms with van der Waals surface area (Å²) in [4.78, 5) is 0. The van der Waals surface area contributed by atoms with Crippen molar-refractivity contribution >= 4 is 0 Å². The van der Waals surface area contributed by atoms with Gasteiger partial charge in [-0.05, 0) is 33.4 Å². The van der Waals surface area contributed by atoms with E-state index in [1.54, 1.807) is 7.11 Å². The number of aliphatic hydroxyl groups is 1. The van der Waals surface area contributed by atoms with Gasteiger partial charge in [0.15, 0.2) is 12.6 Å². The molecule has 0 aliphatic carbocycles. The van der Waals surface area contributed by atoms with Crippen LogP contribution in [0.15, 0.2) is 182 Å². The van der Waals surface area contributed by atoms with Gasteiger partial charge in [0.25, 0.3) is 0 Å². The smallest absolute Gasteiger partial charge is 0.187 e. The molecule has 2 fully saturated rings. The van der Waals surface area contributed by atoms with Crippen LogP contribution in [0.4, 0.5) is 0 Å². The molecule has 0 aromatic heterocycles. The molecule has 1 N–H and O–H groups in total. The van der Waals surface area contributed by atoms with Gasteiger partial charge in [0, 0.05) is 7.11 Å². The fourth-order valence-corrected chi connectivity index (χ4v) is 8.29. The van der Waals surface area contributed by atoms with Gasteiger partial charge in [-0.15, -0.1) is 0 Å². The third kappa shape index (κ3) is 13.3. The van der Waals surface area contributed by atoms with Crippen LogP contribution in [-0.4, -0.2) is 86.8 Å². The highest BCUT2D eigenvalue weighted by Gasteiger charge is 2.54. The molecule has 0 amide bonds. The summed E-state index contributed by atoms with van der Waals surface area (Å²) in [5.41, 5.74) is 5.83. The van der Waals surface area contributed by atoms with Crippen molar-refractivity contribution < 1.29 is 52.5 Å². The molecule has 6 aromatic rings. The standard InChI is InChI=1S/C55H60O11/c1-57-54-52(62-37-44-28-16-6-17-29-44)51(61-36-43-26-14-5-15-27-43)49(46(32-56)64-54)66-55-53(63-38-45-30-18-7-19-31-45)50(60-35-42-24-12-4-13-25-42)48(59-34-41-22-10-3-11-23-41)47(65-55)39-58-33-40-20-8-2-9-21-40/h2-31,46-56H,32-39H2,1H3/t46-,47-,48-,49-,50+,51+,52-,53+,54+,55-/m1/s1. The molecule has 2 aliphatic rings. The molecule has 0 radical (unpaired) electrons. The van der Waals surface area contributed by atoms with Crippen LogP contribution < -0.4 is 0 Å². The molecule has 11 nitrogen and oxygen atoms in total. The van der Waals surface area contributed by atoms with Crippen molar-refractivity contribution in [1.29, 1.82) is 0 Å². The summed E-state index contributed by atoms with van der Waals surface area (Å²) in [6, 6.07) is 59.7. The Hall–Kier alpha value is -5.12. The molecule has 0 saturated carbocycles. The van der Waals surface area contributed by atoms with Crippen LogP contribution in [0.3, 0.4) is 0 Å². The molecule has 2 aliphatic heterocycles. The maximum atomic E-state index is 11.1. The quantitative estimate of drug-likeness (QED) is 0.0668. The molecule has 6 aromatic carbocycles. The number of hydrogen-bond donors (Lipinski definition) is 1. The van der Waals surface area contributed by atoms with Gasteiger partial charge >= 0.3 is 0 Å². The third-order valence-corrected chi connectivity index (χ3v) is 11.7.